The maximum absolute atomic E-state index is 12.3. The molecule has 0 aliphatic heterocycles. The van der Waals surface area contributed by atoms with Crippen LogP contribution >= 0.6 is 0 Å². The minimum Gasteiger partial charge on any atom is -0.482 e. The molecule has 0 spiro atoms. The number of carbonyl (C=O) groups excluding carboxylic acids is 2. The van der Waals surface area contributed by atoms with Crippen LogP contribution in [-0.2, 0) is 21.4 Å². The van der Waals surface area contributed by atoms with Crippen LogP contribution < -0.4 is 9.47 Å². The van der Waals surface area contributed by atoms with Crippen molar-refractivity contribution >= 4 is 11.9 Å². The first-order chi connectivity index (χ1) is 15.8. The average Bonchev–Trinajstić information content (AvgIpc) is 2.81. The van der Waals surface area contributed by atoms with Crippen LogP contribution in [-0.4, -0.2) is 25.2 Å². The minimum atomic E-state index is -0.549. The van der Waals surface area contributed by atoms with Gasteiger partial charge in [0, 0.05) is 0 Å². The van der Waals surface area contributed by atoms with E-state index in [0.717, 1.165) is 18.4 Å². The van der Waals surface area contributed by atoms with Gasteiger partial charge in [0.1, 0.15) is 11.5 Å². The van der Waals surface area contributed by atoms with Gasteiger partial charge in [-0.15, -0.1) is 0 Å². The third-order valence-corrected chi connectivity index (χ3v) is 5.03. The van der Waals surface area contributed by atoms with Crippen molar-refractivity contribution in [2.45, 2.75) is 39.0 Å². The first-order valence-electron chi connectivity index (χ1n) is 11.1. The van der Waals surface area contributed by atoms with Crippen LogP contribution in [0.2, 0.25) is 0 Å². The van der Waals surface area contributed by atoms with Crippen molar-refractivity contribution in [3.05, 3.63) is 95.6 Å². The third kappa shape index (κ3) is 7.49. The molecule has 0 atom stereocenters. The van der Waals surface area contributed by atoms with Gasteiger partial charge in [-0.25, -0.2) is 9.59 Å². The third-order valence-electron chi connectivity index (χ3n) is 5.03. The highest BCUT2D eigenvalue weighted by atomic mass is 16.6. The monoisotopic (exact) mass is 446 g/mol. The number of ether oxygens (including phenoxy) is 3. The number of esters is 2. The molecule has 0 unspecified atom stereocenters. The number of hydrogen-bond donors (Lipinski definition) is 0. The number of rotatable bonds is 9. The van der Waals surface area contributed by atoms with E-state index in [1.807, 2.05) is 54.6 Å². The normalized spacial score (nSPS) is 11.0. The molecule has 0 heterocycles. The van der Waals surface area contributed by atoms with E-state index >= 15 is 0 Å². The van der Waals surface area contributed by atoms with Crippen LogP contribution in [0.15, 0.2) is 78.9 Å². The van der Waals surface area contributed by atoms with Crippen LogP contribution in [0.1, 0.15) is 48.7 Å². The first kappa shape index (κ1) is 24.1. The second-order valence-electron chi connectivity index (χ2n) is 8.76. The fraction of sp³-hybridized carbons (Fsp3) is 0.286. The summed E-state index contributed by atoms with van der Waals surface area (Å²) in [6.07, 6.45) is 1.57. The van der Waals surface area contributed by atoms with Gasteiger partial charge < -0.3 is 14.2 Å². The van der Waals surface area contributed by atoms with Crippen molar-refractivity contribution in [2.24, 2.45) is 0 Å². The molecule has 0 amide bonds. The van der Waals surface area contributed by atoms with Crippen LogP contribution in [0.5, 0.6) is 11.5 Å². The van der Waals surface area contributed by atoms with Gasteiger partial charge in [-0.05, 0) is 53.6 Å². The molecule has 5 nitrogen and oxygen atoms in total. The fourth-order valence-corrected chi connectivity index (χ4v) is 3.37. The summed E-state index contributed by atoms with van der Waals surface area (Å²) < 4.78 is 16.4. The Labute approximate surface area is 195 Å². The molecule has 172 valence electrons. The zero-order chi connectivity index (χ0) is 23.7. The largest absolute Gasteiger partial charge is 0.482 e. The summed E-state index contributed by atoms with van der Waals surface area (Å²) in [6, 6.07) is 24.1. The van der Waals surface area contributed by atoms with Crippen molar-refractivity contribution in [1.29, 1.82) is 0 Å². The number of carbonyl (C=O) groups is 2. The Morgan fingerprint density at radius 2 is 1.58 bits per heavy atom. The molecule has 0 radical (unpaired) electrons. The van der Waals surface area contributed by atoms with E-state index in [4.69, 9.17) is 14.2 Å². The molecular formula is C28H30O5. The molecule has 33 heavy (non-hydrogen) atoms. The van der Waals surface area contributed by atoms with Crippen LogP contribution in [0, 0.1) is 0 Å². The molecule has 3 aromatic rings. The van der Waals surface area contributed by atoms with E-state index in [0.29, 0.717) is 17.9 Å². The molecule has 0 bridgehead atoms. The predicted molar refractivity (Wildman–Crippen MR) is 128 cm³/mol. The van der Waals surface area contributed by atoms with Crippen LogP contribution in [0.3, 0.4) is 0 Å². The lowest BCUT2D eigenvalue weighted by Crippen LogP contribution is -2.20. The van der Waals surface area contributed by atoms with Crippen LogP contribution in [0.4, 0.5) is 0 Å². The molecular weight excluding hydrogens is 416 g/mol. The zero-order valence-corrected chi connectivity index (χ0v) is 19.4. The highest BCUT2D eigenvalue weighted by molar-refractivity contribution is 5.90. The Kier molecular flexibility index (Phi) is 8.25. The van der Waals surface area contributed by atoms with Crippen molar-refractivity contribution < 1.29 is 23.8 Å². The number of benzene rings is 3. The smallest absolute Gasteiger partial charge is 0.349 e. The summed E-state index contributed by atoms with van der Waals surface area (Å²) in [4.78, 5) is 24.7. The van der Waals surface area contributed by atoms with Crippen molar-refractivity contribution in [2.75, 3.05) is 13.2 Å². The second kappa shape index (κ2) is 11.3. The summed E-state index contributed by atoms with van der Waals surface area (Å²) in [5, 5.41) is 0. The lowest BCUT2D eigenvalue weighted by molar-refractivity contribution is -0.136. The van der Waals surface area contributed by atoms with Crippen molar-refractivity contribution in [3.8, 4) is 11.5 Å². The highest BCUT2D eigenvalue weighted by Crippen LogP contribution is 2.30. The Hall–Kier alpha value is -3.60. The van der Waals surface area contributed by atoms with Gasteiger partial charge in [-0.3, -0.25) is 0 Å². The quantitative estimate of drug-likeness (QED) is 0.238. The Balaban J connectivity index is 1.49. The summed E-state index contributed by atoms with van der Waals surface area (Å²) in [6.45, 7) is 6.33. The van der Waals surface area contributed by atoms with Gasteiger partial charge >= 0.3 is 11.9 Å². The molecule has 0 aromatic heterocycles. The molecule has 0 aliphatic carbocycles. The van der Waals surface area contributed by atoms with Gasteiger partial charge in [0.15, 0.2) is 6.61 Å². The molecule has 0 aliphatic rings. The Morgan fingerprint density at radius 3 is 2.33 bits per heavy atom. The molecule has 3 aromatic carbocycles. The van der Waals surface area contributed by atoms with Crippen molar-refractivity contribution in [3.63, 3.8) is 0 Å². The van der Waals surface area contributed by atoms with E-state index in [-0.39, 0.29) is 17.8 Å². The van der Waals surface area contributed by atoms with Gasteiger partial charge in [0.2, 0.25) is 0 Å². The maximum atomic E-state index is 12.3. The lowest BCUT2D eigenvalue weighted by atomic mass is 9.86. The van der Waals surface area contributed by atoms with Gasteiger partial charge in [0.25, 0.3) is 0 Å². The van der Waals surface area contributed by atoms with Gasteiger partial charge in [-0.2, -0.15) is 0 Å². The number of para-hydroxylation sites is 1. The molecule has 0 N–H and O–H groups in total. The standard InChI is InChI=1S/C28H30O5/c1-28(2,3)24-16-7-8-17-25(24)32-20-26(29)33-23-15-9-14-22(19-23)27(30)31-18-10-13-21-11-5-4-6-12-21/h4-9,11-12,14-17,19H,10,13,18,20H2,1-3H3. The topological polar surface area (TPSA) is 61.8 Å². The Morgan fingerprint density at radius 1 is 0.848 bits per heavy atom. The van der Waals surface area contributed by atoms with E-state index in [1.54, 1.807) is 18.2 Å². The summed E-state index contributed by atoms with van der Waals surface area (Å²) in [7, 11) is 0. The Bertz CT molecular complexity index is 1070. The summed E-state index contributed by atoms with van der Waals surface area (Å²) in [5.41, 5.74) is 2.43. The van der Waals surface area contributed by atoms with Gasteiger partial charge in [0.05, 0.1) is 12.2 Å². The van der Waals surface area contributed by atoms with E-state index < -0.39 is 11.9 Å². The highest BCUT2D eigenvalue weighted by Gasteiger charge is 2.19. The maximum Gasteiger partial charge on any atom is 0.349 e. The van der Waals surface area contributed by atoms with Gasteiger partial charge in [-0.1, -0.05) is 75.4 Å². The summed E-state index contributed by atoms with van der Waals surface area (Å²) >= 11 is 0. The molecule has 0 saturated heterocycles. The van der Waals surface area contributed by atoms with E-state index in [9.17, 15) is 9.59 Å². The SMILES string of the molecule is CC(C)(C)c1ccccc1OCC(=O)Oc1cccc(C(=O)OCCCc2ccccc2)c1. The number of hydrogen-bond acceptors (Lipinski definition) is 5. The molecule has 3 rings (SSSR count). The first-order valence-corrected chi connectivity index (χ1v) is 11.1. The molecule has 0 saturated carbocycles. The summed E-state index contributed by atoms with van der Waals surface area (Å²) in [5.74, 6) is -0.0790. The molecule has 5 heteroatoms. The van der Waals surface area contributed by atoms with E-state index in [1.165, 1.54) is 11.6 Å². The number of aryl methyl sites for hydroxylation is 1. The second-order valence-corrected chi connectivity index (χ2v) is 8.76. The van der Waals surface area contributed by atoms with E-state index in [2.05, 4.69) is 20.8 Å². The lowest BCUT2D eigenvalue weighted by Gasteiger charge is -2.22. The predicted octanol–water partition coefficient (Wildman–Crippen LogP) is 5.76. The minimum absolute atomic E-state index is 0.115. The fourth-order valence-electron chi connectivity index (χ4n) is 3.37. The van der Waals surface area contributed by atoms with Crippen molar-refractivity contribution in [1.82, 2.24) is 0 Å². The average molecular weight is 447 g/mol. The molecule has 0 fully saturated rings. The van der Waals surface area contributed by atoms with Crippen LogP contribution in [0.25, 0.3) is 0 Å². The zero-order valence-electron chi connectivity index (χ0n) is 19.4.